The molecule has 0 unspecified atom stereocenters. The number of aryl methyl sites for hydroxylation is 1. The number of unbranched alkanes of at least 4 members (excludes halogenated alkanes) is 1. The minimum Gasteiger partial charge on any atom is -0.366 e. The average molecular weight is 429 g/mol. The fourth-order valence-corrected chi connectivity index (χ4v) is 3.85. The highest BCUT2D eigenvalue weighted by Gasteiger charge is 2.24. The van der Waals surface area contributed by atoms with Crippen LogP contribution in [0.25, 0.3) is 11.1 Å². The van der Waals surface area contributed by atoms with Crippen LogP contribution < -0.4 is 5.73 Å². The van der Waals surface area contributed by atoms with E-state index in [0.717, 1.165) is 59.2 Å². The lowest BCUT2D eigenvalue weighted by Gasteiger charge is -2.13. The maximum Gasteiger partial charge on any atom is 0.251 e. The monoisotopic (exact) mass is 428 g/mol. The van der Waals surface area contributed by atoms with Gasteiger partial charge in [0.05, 0.1) is 11.9 Å². The third-order valence-electron chi connectivity index (χ3n) is 4.94. The molecule has 0 aliphatic rings. The number of nitrogens with one attached hydrogen (secondary N) is 1. The molecule has 0 aliphatic carbocycles. The van der Waals surface area contributed by atoms with Crippen molar-refractivity contribution in [2.24, 2.45) is 5.73 Å². The first-order valence-corrected chi connectivity index (χ1v) is 10.1. The Morgan fingerprint density at radius 3 is 2.59 bits per heavy atom. The average Bonchev–Trinajstić information content (AvgIpc) is 3.25. The molecule has 3 N–H and O–H groups in total. The van der Waals surface area contributed by atoms with Crippen molar-refractivity contribution in [3.63, 3.8) is 0 Å². The topological polar surface area (TPSA) is 76.7 Å². The van der Waals surface area contributed by atoms with E-state index in [2.05, 4.69) is 37.4 Å². The summed E-state index contributed by atoms with van der Waals surface area (Å²) in [5, 5.41) is 0. The van der Waals surface area contributed by atoms with E-state index in [4.69, 9.17) is 5.73 Å². The van der Waals surface area contributed by atoms with Crippen LogP contribution in [0.5, 0.6) is 0 Å². The molecule has 142 valence electrons. The van der Waals surface area contributed by atoms with Gasteiger partial charge in [0, 0.05) is 46.3 Å². The van der Waals surface area contributed by atoms with Crippen LogP contribution in [0.1, 0.15) is 47.2 Å². The first-order chi connectivity index (χ1) is 13.0. The van der Waals surface area contributed by atoms with E-state index < -0.39 is 0 Å². The highest BCUT2D eigenvalue weighted by Crippen LogP contribution is 2.34. The second kappa shape index (κ2) is 8.57. The quantitative estimate of drug-likeness (QED) is 0.548. The van der Waals surface area contributed by atoms with E-state index >= 15 is 0 Å². The zero-order chi connectivity index (χ0) is 19.4. The summed E-state index contributed by atoms with van der Waals surface area (Å²) in [6.07, 6.45) is 7.43. The van der Waals surface area contributed by atoms with Gasteiger partial charge in [-0.1, -0.05) is 41.4 Å². The molecule has 1 amide bonds. The fourth-order valence-electron chi connectivity index (χ4n) is 3.59. The number of halogens is 1. The Balaban J connectivity index is 2.11. The van der Waals surface area contributed by atoms with E-state index in [9.17, 15) is 4.79 Å². The summed E-state index contributed by atoms with van der Waals surface area (Å²) in [5.41, 5.74) is 11.6. The first-order valence-electron chi connectivity index (χ1n) is 9.27. The van der Waals surface area contributed by atoms with E-state index in [1.165, 1.54) is 5.69 Å². The summed E-state index contributed by atoms with van der Waals surface area (Å²) in [4.78, 5) is 19.6. The number of carbonyl (C=O) groups excluding carboxylic acids is 1. The normalized spacial score (nSPS) is 11.1. The Morgan fingerprint density at radius 1 is 1.26 bits per heavy atom. The Morgan fingerprint density at radius 2 is 2.00 bits per heavy atom. The number of aromatic nitrogens is 3. The number of aromatic amines is 1. The number of imidazole rings is 1. The lowest BCUT2D eigenvalue weighted by molar-refractivity contribution is 0.1000. The maximum absolute atomic E-state index is 12.3. The lowest BCUT2D eigenvalue weighted by Crippen LogP contribution is -2.14. The molecule has 5 nitrogen and oxygen atoms in total. The van der Waals surface area contributed by atoms with E-state index in [1.54, 1.807) is 6.33 Å². The van der Waals surface area contributed by atoms with Crippen molar-refractivity contribution < 1.29 is 4.79 Å². The van der Waals surface area contributed by atoms with Gasteiger partial charge in [-0.15, -0.1) is 0 Å². The van der Waals surface area contributed by atoms with Crippen molar-refractivity contribution in [3.05, 3.63) is 63.9 Å². The van der Waals surface area contributed by atoms with Gasteiger partial charge in [-0.2, -0.15) is 0 Å². The number of benzene rings is 1. The Labute approximate surface area is 168 Å². The molecular formula is C21H25BrN4O. The number of H-pyrrole nitrogens is 1. The largest absolute Gasteiger partial charge is 0.366 e. The predicted molar refractivity (Wildman–Crippen MR) is 112 cm³/mol. The van der Waals surface area contributed by atoms with Gasteiger partial charge < -0.3 is 15.3 Å². The molecule has 0 radical (unpaired) electrons. The Hall–Kier alpha value is -2.34. The number of hydrogen-bond acceptors (Lipinski definition) is 2. The Kier molecular flexibility index (Phi) is 6.16. The van der Waals surface area contributed by atoms with Crippen molar-refractivity contribution >= 4 is 21.8 Å². The first kappa shape index (κ1) is 19.4. The fraction of sp³-hybridized carbons (Fsp3) is 0.333. The van der Waals surface area contributed by atoms with Crippen molar-refractivity contribution in [3.8, 4) is 11.1 Å². The van der Waals surface area contributed by atoms with Gasteiger partial charge in [-0.25, -0.2) is 4.98 Å². The van der Waals surface area contributed by atoms with Crippen LogP contribution in [-0.4, -0.2) is 20.4 Å². The summed E-state index contributed by atoms with van der Waals surface area (Å²) in [6, 6.07) is 8.09. The molecule has 2 aromatic heterocycles. The smallest absolute Gasteiger partial charge is 0.251 e. The highest BCUT2D eigenvalue weighted by atomic mass is 79.9. The summed E-state index contributed by atoms with van der Waals surface area (Å²) in [6.45, 7) is 4.95. The molecule has 3 rings (SSSR count). The second-order valence-corrected chi connectivity index (χ2v) is 7.65. The highest BCUT2D eigenvalue weighted by molar-refractivity contribution is 9.10. The van der Waals surface area contributed by atoms with Crippen molar-refractivity contribution in [2.45, 2.75) is 46.1 Å². The van der Waals surface area contributed by atoms with Gasteiger partial charge in [0.2, 0.25) is 0 Å². The summed E-state index contributed by atoms with van der Waals surface area (Å²) < 4.78 is 3.27. The summed E-state index contributed by atoms with van der Waals surface area (Å²) >= 11 is 3.49. The standard InChI is InChI=1S/C21H25BrN4O/c1-3-4-5-18-20(15-6-8-16(22)9-7-15)19(21(23)27)14(2)26(18)11-10-17-12-24-13-25-17/h6-9,12-13H,3-5,10-11H2,1-2H3,(H2,23,27)(H,24,25). The minimum absolute atomic E-state index is 0.372. The number of rotatable bonds is 8. The van der Waals surface area contributed by atoms with Crippen molar-refractivity contribution in [1.82, 2.24) is 14.5 Å². The number of primary amides is 1. The van der Waals surface area contributed by atoms with Gasteiger partial charge in [0.1, 0.15) is 0 Å². The third-order valence-corrected chi connectivity index (χ3v) is 5.47. The van der Waals surface area contributed by atoms with Crippen LogP contribution in [0.3, 0.4) is 0 Å². The molecule has 2 heterocycles. The Bertz CT molecular complexity index is 911. The van der Waals surface area contributed by atoms with Crippen LogP contribution in [0.15, 0.2) is 41.3 Å². The minimum atomic E-state index is -0.372. The molecule has 0 saturated heterocycles. The molecular weight excluding hydrogens is 404 g/mol. The molecule has 1 aromatic carbocycles. The van der Waals surface area contributed by atoms with E-state index in [-0.39, 0.29) is 5.91 Å². The molecule has 0 fully saturated rings. The molecule has 0 saturated carbocycles. The van der Waals surface area contributed by atoms with Gasteiger partial charge in [-0.05, 0) is 37.5 Å². The number of hydrogen-bond donors (Lipinski definition) is 2. The van der Waals surface area contributed by atoms with Crippen LogP contribution in [-0.2, 0) is 19.4 Å². The van der Waals surface area contributed by atoms with Gasteiger partial charge in [0.15, 0.2) is 0 Å². The molecule has 3 aromatic rings. The molecule has 0 atom stereocenters. The van der Waals surface area contributed by atoms with Gasteiger partial charge in [-0.3, -0.25) is 4.79 Å². The number of nitrogens with two attached hydrogens (primary N) is 1. The van der Waals surface area contributed by atoms with Gasteiger partial charge in [0.25, 0.3) is 5.91 Å². The zero-order valence-corrected chi connectivity index (χ0v) is 17.3. The summed E-state index contributed by atoms with van der Waals surface area (Å²) in [7, 11) is 0. The number of nitrogens with zero attached hydrogens (tertiary/aromatic N) is 2. The second-order valence-electron chi connectivity index (χ2n) is 6.74. The third kappa shape index (κ3) is 4.16. The molecule has 6 heteroatoms. The molecule has 0 bridgehead atoms. The van der Waals surface area contributed by atoms with E-state index in [0.29, 0.717) is 5.56 Å². The van der Waals surface area contributed by atoms with Crippen LogP contribution >= 0.6 is 15.9 Å². The van der Waals surface area contributed by atoms with Crippen LogP contribution in [0.2, 0.25) is 0 Å². The van der Waals surface area contributed by atoms with Gasteiger partial charge >= 0.3 is 0 Å². The SMILES string of the molecule is CCCCc1c(-c2ccc(Br)cc2)c(C(N)=O)c(C)n1CCc1cnc[nH]1. The van der Waals surface area contributed by atoms with Crippen molar-refractivity contribution in [1.29, 1.82) is 0 Å². The molecule has 0 spiro atoms. The molecule has 0 aliphatic heterocycles. The number of carbonyl (C=O) groups is 1. The molecule has 27 heavy (non-hydrogen) atoms. The zero-order valence-electron chi connectivity index (χ0n) is 15.8. The predicted octanol–water partition coefficient (Wildman–Crippen LogP) is 4.63. The maximum atomic E-state index is 12.3. The van der Waals surface area contributed by atoms with Crippen LogP contribution in [0.4, 0.5) is 0 Å². The van der Waals surface area contributed by atoms with E-state index in [1.807, 2.05) is 37.4 Å². The van der Waals surface area contributed by atoms with Crippen molar-refractivity contribution in [2.75, 3.05) is 0 Å². The summed E-state index contributed by atoms with van der Waals surface area (Å²) in [5.74, 6) is -0.372. The van der Waals surface area contributed by atoms with Crippen LogP contribution in [0, 0.1) is 6.92 Å². The lowest BCUT2D eigenvalue weighted by atomic mass is 9.97. The number of amides is 1.